The van der Waals surface area contributed by atoms with Crippen molar-refractivity contribution in [2.24, 2.45) is 0 Å². The predicted molar refractivity (Wildman–Crippen MR) is 194 cm³/mol. The molecule has 0 spiro atoms. The molecule has 42 heavy (non-hydrogen) atoms. The van der Waals surface area contributed by atoms with Gasteiger partial charge in [0.1, 0.15) is 16.1 Å². The molecule has 0 saturated heterocycles. The Morgan fingerprint density at radius 1 is 0.452 bits per heavy atom. The molecule has 0 bridgehead atoms. The van der Waals surface area contributed by atoms with Gasteiger partial charge < -0.3 is 0 Å². The van der Waals surface area contributed by atoms with Crippen molar-refractivity contribution in [3.63, 3.8) is 0 Å². The van der Waals surface area contributed by atoms with Crippen LogP contribution in [0.2, 0.25) is 37.3 Å². The first-order valence-electron chi connectivity index (χ1n) is 16.2. The standard InChI is InChI=1S/C40H46Si2/c1-7-21-41(5,22-8-2)25-19-35-37-27-31-15-11-13-17-33(31)29-39(37)36(20-26-42(6,23-9-3)24-10-4)40-30-34-18-14-12-16-32(34)28-38(35)40/h11-18,27-30H,7-10,21-24H2,1-6H3. The zero-order chi connectivity index (χ0) is 29.7. The zero-order valence-electron chi connectivity index (χ0n) is 26.6. The van der Waals surface area contributed by atoms with Crippen LogP contribution in [0.3, 0.4) is 0 Å². The van der Waals surface area contributed by atoms with Gasteiger partial charge in [0.05, 0.1) is 0 Å². The summed E-state index contributed by atoms with van der Waals surface area (Å²) in [5, 5.41) is 10.1. The Morgan fingerprint density at radius 3 is 0.952 bits per heavy atom. The Hall–Kier alpha value is -3.31. The number of rotatable bonds is 8. The van der Waals surface area contributed by atoms with Gasteiger partial charge in [0.15, 0.2) is 0 Å². The molecule has 214 valence electrons. The van der Waals surface area contributed by atoms with E-state index in [0.29, 0.717) is 0 Å². The van der Waals surface area contributed by atoms with Gasteiger partial charge in [-0.3, -0.25) is 0 Å². The number of hydrogen-bond donors (Lipinski definition) is 0. The van der Waals surface area contributed by atoms with Gasteiger partial charge >= 0.3 is 0 Å². The Morgan fingerprint density at radius 2 is 0.714 bits per heavy atom. The summed E-state index contributed by atoms with van der Waals surface area (Å²) in [7, 11) is -3.34. The molecule has 5 aromatic rings. The summed E-state index contributed by atoms with van der Waals surface area (Å²) in [5.74, 6) is 7.77. The van der Waals surface area contributed by atoms with Crippen LogP contribution in [0.25, 0.3) is 43.1 Å². The molecule has 0 fully saturated rings. The van der Waals surface area contributed by atoms with Crippen LogP contribution < -0.4 is 0 Å². The molecular formula is C40H46Si2. The molecule has 5 aromatic carbocycles. The highest BCUT2D eigenvalue weighted by molar-refractivity contribution is 6.86. The number of fused-ring (bicyclic) bond motifs is 4. The molecule has 0 aromatic heterocycles. The Kier molecular flexibility index (Phi) is 9.27. The van der Waals surface area contributed by atoms with Crippen LogP contribution in [0.15, 0.2) is 72.8 Å². The molecule has 0 nitrogen and oxygen atoms in total. The first kappa shape index (κ1) is 30.2. The highest BCUT2D eigenvalue weighted by Gasteiger charge is 2.24. The Balaban J connectivity index is 1.94. The lowest BCUT2D eigenvalue weighted by molar-refractivity contribution is 0.992. The summed E-state index contributed by atoms with van der Waals surface area (Å²) in [5.41, 5.74) is 10.3. The van der Waals surface area contributed by atoms with Crippen molar-refractivity contribution >= 4 is 59.2 Å². The van der Waals surface area contributed by atoms with E-state index in [-0.39, 0.29) is 0 Å². The molecule has 0 N–H and O–H groups in total. The molecule has 0 aliphatic rings. The van der Waals surface area contributed by atoms with Crippen molar-refractivity contribution in [3.8, 4) is 22.9 Å². The average molecular weight is 583 g/mol. The summed E-state index contributed by atoms with van der Waals surface area (Å²) in [6.45, 7) is 14.2. The van der Waals surface area contributed by atoms with E-state index in [4.69, 9.17) is 0 Å². The van der Waals surface area contributed by atoms with Crippen LogP contribution in [0.4, 0.5) is 0 Å². The molecule has 0 atom stereocenters. The van der Waals surface area contributed by atoms with Crippen molar-refractivity contribution in [1.29, 1.82) is 0 Å². The van der Waals surface area contributed by atoms with Crippen molar-refractivity contribution in [3.05, 3.63) is 83.9 Å². The van der Waals surface area contributed by atoms with Crippen LogP contribution in [0, 0.1) is 22.9 Å². The third-order valence-electron chi connectivity index (χ3n) is 9.03. The smallest absolute Gasteiger partial charge is 0.126 e. The summed E-state index contributed by atoms with van der Waals surface area (Å²) < 4.78 is 0. The van der Waals surface area contributed by atoms with Gasteiger partial charge in [0.25, 0.3) is 0 Å². The summed E-state index contributed by atoms with van der Waals surface area (Å²) >= 11 is 0. The summed E-state index contributed by atoms with van der Waals surface area (Å²) in [6, 6.07) is 32.1. The van der Waals surface area contributed by atoms with Crippen LogP contribution in [0.5, 0.6) is 0 Å². The molecule has 0 aliphatic carbocycles. The predicted octanol–water partition coefficient (Wildman–Crippen LogP) is 11.9. The molecule has 0 heterocycles. The largest absolute Gasteiger partial charge is 0.135 e. The highest BCUT2D eigenvalue weighted by atomic mass is 28.3. The molecule has 0 radical (unpaired) electrons. The second-order valence-corrected chi connectivity index (χ2v) is 21.6. The topological polar surface area (TPSA) is 0 Å². The average Bonchev–Trinajstić information content (AvgIpc) is 2.97. The minimum Gasteiger partial charge on any atom is -0.126 e. The maximum atomic E-state index is 3.96. The van der Waals surface area contributed by atoms with Gasteiger partial charge in [0.2, 0.25) is 0 Å². The summed E-state index contributed by atoms with van der Waals surface area (Å²) in [4.78, 5) is 0. The number of hydrogen-bond acceptors (Lipinski definition) is 0. The van der Waals surface area contributed by atoms with Crippen LogP contribution in [0.1, 0.15) is 64.5 Å². The van der Waals surface area contributed by atoms with Gasteiger partial charge in [-0.05, 0) is 91.5 Å². The van der Waals surface area contributed by atoms with Gasteiger partial charge in [-0.1, -0.05) is 127 Å². The van der Waals surface area contributed by atoms with Crippen molar-refractivity contribution < 1.29 is 0 Å². The lowest BCUT2D eigenvalue weighted by Crippen LogP contribution is -2.27. The molecule has 5 rings (SSSR count). The van der Waals surface area contributed by atoms with Crippen molar-refractivity contribution in [2.75, 3.05) is 0 Å². The minimum absolute atomic E-state index is 1.19. The van der Waals surface area contributed by atoms with E-state index in [1.54, 1.807) is 0 Å². The summed E-state index contributed by atoms with van der Waals surface area (Å²) in [6.07, 6.45) is 4.84. The molecule has 2 heteroatoms. The van der Waals surface area contributed by atoms with Crippen molar-refractivity contribution in [1.82, 2.24) is 0 Å². The monoisotopic (exact) mass is 582 g/mol. The molecule has 0 unspecified atom stereocenters. The third-order valence-corrected chi connectivity index (χ3v) is 16.9. The lowest BCUT2D eigenvalue weighted by Gasteiger charge is -2.20. The van der Waals surface area contributed by atoms with E-state index in [2.05, 4.69) is 137 Å². The second kappa shape index (κ2) is 12.9. The van der Waals surface area contributed by atoms with Crippen LogP contribution >= 0.6 is 0 Å². The van der Waals surface area contributed by atoms with E-state index in [0.717, 1.165) is 0 Å². The Labute approximate surface area is 255 Å². The fraction of sp³-hybridized carbons (Fsp3) is 0.350. The maximum Gasteiger partial charge on any atom is 0.135 e. The maximum absolute atomic E-state index is 3.96. The van der Waals surface area contributed by atoms with Gasteiger partial charge in [-0.2, -0.15) is 0 Å². The molecular weight excluding hydrogens is 537 g/mol. The second-order valence-electron chi connectivity index (χ2n) is 12.9. The van der Waals surface area contributed by atoms with Crippen molar-refractivity contribution in [2.45, 2.75) is 90.6 Å². The fourth-order valence-electron chi connectivity index (χ4n) is 7.00. The third kappa shape index (κ3) is 6.22. The first-order chi connectivity index (χ1) is 20.3. The van der Waals surface area contributed by atoms with Gasteiger partial charge in [-0.15, -0.1) is 11.1 Å². The minimum atomic E-state index is -1.67. The normalized spacial score (nSPS) is 12.0. The van der Waals surface area contributed by atoms with Gasteiger partial charge in [-0.25, -0.2) is 0 Å². The van der Waals surface area contributed by atoms with E-state index < -0.39 is 16.1 Å². The Bertz CT molecular complexity index is 1630. The highest BCUT2D eigenvalue weighted by Crippen LogP contribution is 2.37. The molecule has 0 amide bonds. The van der Waals surface area contributed by atoms with E-state index >= 15 is 0 Å². The van der Waals surface area contributed by atoms with Crippen LogP contribution in [-0.2, 0) is 0 Å². The molecule has 0 saturated carbocycles. The van der Waals surface area contributed by atoms with Crippen LogP contribution in [-0.4, -0.2) is 16.1 Å². The molecule has 0 aliphatic heterocycles. The lowest BCUT2D eigenvalue weighted by atomic mass is 9.89. The first-order valence-corrected chi connectivity index (χ1v) is 22.0. The zero-order valence-corrected chi connectivity index (χ0v) is 28.6. The SMILES string of the molecule is CCC[Si](C)(C#Cc1c2cc3ccccc3cc2c(C#C[Si](C)(CCC)CCC)c2cc3ccccc3cc12)CCC. The number of benzene rings is 5. The van der Waals surface area contributed by atoms with Gasteiger partial charge in [0, 0.05) is 11.1 Å². The van der Waals surface area contributed by atoms with E-state index in [9.17, 15) is 0 Å². The van der Waals surface area contributed by atoms with E-state index in [1.807, 2.05) is 0 Å². The van der Waals surface area contributed by atoms with E-state index in [1.165, 1.54) is 104 Å². The fourth-order valence-corrected chi connectivity index (χ4v) is 13.3. The quantitative estimate of drug-likeness (QED) is 0.0969.